The number of anilines is 3. The smallest absolute Gasteiger partial charge is 0.227 e. The zero-order chi connectivity index (χ0) is 39.6. The highest BCUT2D eigenvalue weighted by Crippen LogP contribution is 2.44. The van der Waals surface area contributed by atoms with Gasteiger partial charge in [-0.2, -0.15) is 0 Å². The maximum absolute atomic E-state index is 6.46. The second kappa shape index (κ2) is 14.0. The maximum atomic E-state index is 6.46. The summed E-state index contributed by atoms with van der Waals surface area (Å²) in [5.74, 6) is 0.605. The average molecular weight is 787 g/mol. The first-order valence-corrected chi connectivity index (χ1v) is 20.9. The summed E-state index contributed by atoms with van der Waals surface area (Å²) in [6.07, 6.45) is 0. The Bertz CT molecular complexity index is 3530. The lowest BCUT2D eigenvalue weighted by atomic mass is 9.99. The largest absolute Gasteiger partial charge is 0.456 e. The van der Waals surface area contributed by atoms with Crippen LogP contribution in [0.3, 0.4) is 0 Å². The van der Waals surface area contributed by atoms with E-state index in [1.165, 1.54) is 36.9 Å². The molecule has 3 aromatic heterocycles. The molecule has 0 radical (unpaired) electrons. The molecule has 3 heterocycles. The molecule has 4 nitrogen and oxygen atoms in total. The van der Waals surface area contributed by atoms with Crippen LogP contribution in [0, 0.1) is 0 Å². The second-order valence-corrected chi connectivity index (χ2v) is 16.2. The first-order valence-electron chi connectivity index (χ1n) is 20.1. The maximum Gasteiger partial charge on any atom is 0.227 e. The lowest BCUT2D eigenvalue weighted by molar-refractivity contribution is 0.617. The third-order valence-electron chi connectivity index (χ3n) is 11.5. The van der Waals surface area contributed by atoms with Crippen molar-refractivity contribution in [2.75, 3.05) is 4.90 Å². The number of fused-ring (bicyclic) bond motifs is 7. The van der Waals surface area contributed by atoms with Crippen LogP contribution in [0.5, 0.6) is 0 Å². The Hall–Kier alpha value is -7.73. The molecule has 0 atom stereocenters. The Balaban J connectivity index is 0.918. The van der Waals surface area contributed by atoms with E-state index in [0.717, 1.165) is 66.8 Å². The number of benzene rings is 9. The van der Waals surface area contributed by atoms with Crippen LogP contribution in [0.4, 0.5) is 17.1 Å². The van der Waals surface area contributed by atoms with Gasteiger partial charge in [0.05, 0.1) is 5.69 Å². The molecular weight excluding hydrogens is 753 g/mol. The van der Waals surface area contributed by atoms with Gasteiger partial charge >= 0.3 is 0 Å². The monoisotopic (exact) mass is 786 g/mol. The Morgan fingerprint density at radius 2 is 1.00 bits per heavy atom. The van der Waals surface area contributed by atoms with Gasteiger partial charge in [0.15, 0.2) is 5.58 Å². The topological polar surface area (TPSA) is 42.4 Å². The normalized spacial score (nSPS) is 11.7. The SMILES string of the molecule is c1ccc(-c2nc3cc4c(cc3o2)oc2cc(-c3ccc(N(c5ccc(-c6cccc7c6sc6ccccc67)cc5)c5ccccc5-c5ccccc5)cc3)ccc24)cc1. The van der Waals surface area contributed by atoms with Crippen molar-refractivity contribution in [3.8, 4) is 44.8 Å². The molecule has 5 heteroatoms. The van der Waals surface area contributed by atoms with Crippen molar-refractivity contribution in [2.45, 2.75) is 0 Å². The molecule has 0 aliphatic heterocycles. The molecule has 9 aromatic carbocycles. The van der Waals surface area contributed by atoms with Crippen LogP contribution in [-0.4, -0.2) is 4.98 Å². The van der Waals surface area contributed by atoms with E-state index in [0.29, 0.717) is 11.5 Å². The third-order valence-corrected chi connectivity index (χ3v) is 12.8. The average Bonchev–Trinajstić information content (AvgIpc) is 4.02. The Morgan fingerprint density at radius 1 is 0.383 bits per heavy atom. The van der Waals surface area contributed by atoms with E-state index in [2.05, 4.69) is 175 Å². The third kappa shape index (κ3) is 5.78. The van der Waals surface area contributed by atoms with E-state index in [1.54, 1.807) is 0 Å². The van der Waals surface area contributed by atoms with Crippen molar-refractivity contribution in [1.29, 1.82) is 0 Å². The molecule has 0 unspecified atom stereocenters. The minimum atomic E-state index is 0.605. The molecule has 0 bridgehead atoms. The first kappa shape index (κ1) is 34.3. The van der Waals surface area contributed by atoms with Gasteiger partial charge in [-0.15, -0.1) is 11.3 Å². The number of thiophene rings is 1. The summed E-state index contributed by atoms with van der Waals surface area (Å²) in [6.45, 7) is 0. The van der Waals surface area contributed by atoms with E-state index in [9.17, 15) is 0 Å². The number of aromatic nitrogens is 1. The Morgan fingerprint density at radius 3 is 1.80 bits per heavy atom. The molecule has 60 heavy (non-hydrogen) atoms. The number of hydrogen-bond donors (Lipinski definition) is 0. The van der Waals surface area contributed by atoms with Crippen molar-refractivity contribution in [3.63, 3.8) is 0 Å². The molecule has 0 saturated carbocycles. The quantitative estimate of drug-likeness (QED) is 0.161. The summed E-state index contributed by atoms with van der Waals surface area (Å²) < 4.78 is 15.2. The number of para-hydroxylation sites is 1. The summed E-state index contributed by atoms with van der Waals surface area (Å²) in [5.41, 5.74) is 14.3. The van der Waals surface area contributed by atoms with Gasteiger partial charge in [0, 0.05) is 59.5 Å². The highest BCUT2D eigenvalue weighted by atomic mass is 32.1. The summed E-state index contributed by atoms with van der Waals surface area (Å²) >= 11 is 1.87. The number of oxazole rings is 1. The van der Waals surface area contributed by atoms with Crippen molar-refractivity contribution >= 4 is 81.6 Å². The molecule has 0 fully saturated rings. The number of hydrogen-bond acceptors (Lipinski definition) is 5. The van der Waals surface area contributed by atoms with Gasteiger partial charge in [0.1, 0.15) is 16.7 Å². The second-order valence-electron chi connectivity index (χ2n) is 15.1. The predicted molar refractivity (Wildman–Crippen MR) is 251 cm³/mol. The molecule has 12 rings (SSSR count). The molecule has 0 spiro atoms. The van der Waals surface area contributed by atoms with Crippen LogP contribution in [-0.2, 0) is 0 Å². The standard InChI is InChI=1S/C55H34N2O2S/c1-3-12-36(13-4-1)42-16-7-9-20-49(42)57(41-29-24-37(25-30-41)43-18-11-19-46-45-17-8-10-21-53(45)60-54(43)46)40-27-22-35(23-28-40)39-26-31-44-47-33-48-52(34-51(47)58-50(44)32-39)59-55(56-48)38-14-5-2-6-15-38/h1-34H. The molecule has 0 saturated heterocycles. The van der Waals surface area contributed by atoms with Gasteiger partial charge in [0.25, 0.3) is 0 Å². The van der Waals surface area contributed by atoms with E-state index >= 15 is 0 Å². The fourth-order valence-corrected chi connectivity index (χ4v) is 9.85. The molecule has 0 aliphatic carbocycles. The summed E-state index contributed by atoms with van der Waals surface area (Å²) in [7, 11) is 0. The molecular formula is C55H34N2O2S. The van der Waals surface area contributed by atoms with Crippen molar-refractivity contribution in [3.05, 3.63) is 206 Å². The van der Waals surface area contributed by atoms with E-state index < -0.39 is 0 Å². The van der Waals surface area contributed by atoms with Gasteiger partial charge in [-0.1, -0.05) is 133 Å². The molecule has 282 valence electrons. The predicted octanol–water partition coefficient (Wildman–Crippen LogP) is 16.2. The van der Waals surface area contributed by atoms with Gasteiger partial charge in [0.2, 0.25) is 5.89 Å². The van der Waals surface area contributed by atoms with Crippen molar-refractivity contribution in [1.82, 2.24) is 4.98 Å². The van der Waals surface area contributed by atoms with Gasteiger partial charge in [-0.3, -0.25) is 0 Å². The van der Waals surface area contributed by atoms with Crippen LogP contribution in [0.15, 0.2) is 215 Å². The zero-order valence-corrected chi connectivity index (χ0v) is 33.1. The lowest BCUT2D eigenvalue weighted by Crippen LogP contribution is -2.11. The molecule has 0 amide bonds. The Kier molecular flexibility index (Phi) is 8.00. The van der Waals surface area contributed by atoms with Crippen LogP contribution in [0.2, 0.25) is 0 Å². The minimum absolute atomic E-state index is 0.605. The summed E-state index contributed by atoms with van der Waals surface area (Å²) in [5, 5.41) is 4.69. The molecule has 0 aliphatic rings. The zero-order valence-electron chi connectivity index (χ0n) is 32.2. The van der Waals surface area contributed by atoms with Crippen molar-refractivity contribution in [2.24, 2.45) is 0 Å². The van der Waals surface area contributed by atoms with Crippen LogP contribution >= 0.6 is 11.3 Å². The fourth-order valence-electron chi connectivity index (χ4n) is 8.61. The van der Waals surface area contributed by atoms with Gasteiger partial charge < -0.3 is 13.7 Å². The van der Waals surface area contributed by atoms with Gasteiger partial charge in [-0.05, 0) is 94.5 Å². The summed E-state index contributed by atoms with van der Waals surface area (Å²) in [4.78, 5) is 7.16. The van der Waals surface area contributed by atoms with Crippen LogP contribution < -0.4 is 4.90 Å². The highest BCUT2D eigenvalue weighted by Gasteiger charge is 2.19. The van der Waals surface area contributed by atoms with E-state index in [4.69, 9.17) is 13.8 Å². The Labute approximate surface area is 349 Å². The minimum Gasteiger partial charge on any atom is -0.456 e. The highest BCUT2D eigenvalue weighted by molar-refractivity contribution is 7.26. The number of furan rings is 1. The van der Waals surface area contributed by atoms with E-state index in [1.807, 2.05) is 47.7 Å². The van der Waals surface area contributed by atoms with E-state index in [-0.39, 0.29) is 0 Å². The van der Waals surface area contributed by atoms with Crippen molar-refractivity contribution < 1.29 is 8.83 Å². The van der Waals surface area contributed by atoms with Gasteiger partial charge in [-0.25, -0.2) is 4.98 Å². The number of nitrogens with zero attached hydrogens (tertiary/aromatic N) is 2. The number of rotatable bonds is 7. The molecule has 0 N–H and O–H groups in total. The summed E-state index contributed by atoms with van der Waals surface area (Å²) in [6, 6.07) is 73.0. The fraction of sp³-hybridized carbons (Fsp3) is 0. The first-order chi connectivity index (χ1) is 29.7. The van der Waals surface area contributed by atoms with Crippen LogP contribution in [0.25, 0.3) is 98.0 Å². The molecule has 12 aromatic rings. The lowest BCUT2D eigenvalue weighted by Gasteiger charge is -2.28. The van der Waals surface area contributed by atoms with Crippen LogP contribution in [0.1, 0.15) is 0 Å².